The maximum absolute atomic E-state index is 14.6. The van der Waals surface area contributed by atoms with Crippen molar-refractivity contribution in [3.63, 3.8) is 0 Å². The van der Waals surface area contributed by atoms with Gasteiger partial charge in [0, 0.05) is 0 Å². The highest BCUT2D eigenvalue weighted by Gasteiger charge is 2.28. The van der Waals surface area contributed by atoms with Crippen molar-refractivity contribution in [2.75, 3.05) is 13.3 Å². The molecule has 4 rings (SSSR count). The molecule has 2 aliphatic rings. The Morgan fingerprint density at radius 1 is 0.758 bits per heavy atom. The van der Waals surface area contributed by atoms with Gasteiger partial charge in [0.2, 0.25) is 5.82 Å². The number of ether oxygens (including phenoxy) is 1. The van der Waals surface area contributed by atoms with E-state index in [4.69, 9.17) is 4.74 Å². The first kappa shape index (κ1) is 23.9. The zero-order valence-corrected chi connectivity index (χ0v) is 19.5. The normalized spacial score (nSPS) is 25.9. The van der Waals surface area contributed by atoms with Crippen LogP contribution >= 0.6 is 0 Å². The molecule has 2 fully saturated rings. The Morgan fingerprint density at radius 3 is 1.85 bits per heavy atom. The molecule has 178 valence electrons. The molecule has 33 heavy (non-hydrogen) atoms. The Bertz CT molecular complexity index is 921. The van der Waals surface area contributed by atoms with E-state index in [1.165, 1.54) is 11.1 Å². The molecule has 0 spiro atoms. The van der Waals surface area contributed by atoms with Crippen LogP contribution in [0, 0.1) is 17.6 Å². The van der Waals surface area contributed by atoms with Crippen LogP contribution in [-0.4, -0.2) is 13.3 Å². The fraction of sp³-hybridized carbons (Fsp3) is 0.517. The van der Waals surface area contributed by atoms with Crippen molar-refractivity contribution in [1.29, 1.82) is 0 Å². The third kappa shape index (κ3) is 5.65. The largest absolute Gasteiger partial charge is 0.491 e. The predicted octanol–water partition coefficient (Wildman–Crippen LogP) is 8.60. The van der Waals surface area contributed by atoms with Gasteiger partial charge in [0.1, 0.15) is 6.67 Å². The van der Waals surface area contributed by atoms with E-state index in [1.54, 1.807) is 25.1 Å². The number of rotatable bonds is 7. The molecule has 0 radical (unpaired) electrons. The summed E-state index contributed by atoms with van der Waals surface area (Å²) in [6.07, 6.45) is 12.0. The van der Waals surface area contributed by atoms with Crippen molar-refractivity contribution in [3.05, 3.63) is 76.9 Å². The van der Waals surface area contributed by atoms with E-state index in [9.17, 15) is 13.2 Å². The maximum Gasteiger partial charge on any atom is 0.200 e. The quantitative estimate of drug-likeness (QED) is 0.379. The van der Waals surface area contributed by atoms with Crippen LogP contribution < -0.4 is 4.74 Å². The van der Waals surface area contributed by atoms with Gasteiger partial charge in [0.15, 0.2) is 11.6 Å². The van der Waals surface area contributed by atoms with Gasteiger partial charge in [-0.1, -0.05) is 42.5 Å². The lowest BCUT2D eigenvalue weighted by molar-refractivity contribution is 0.310. The third-order valence-corrected chi connectivity index (χ3v) is 7.69. The van der Waals surface area contributed by atoms with Gasteiger partial charge in [-0.25, -0.2) is 8.78 Å². The van der Waals surface area contributed by atoms with E-state index in [0.29, 0.717) is 29.9 Å². The van der Waals surface area contributed by atoms with Crippen LogP contribution in [0.5, 0.6) is 5.75 Å². The van der Waals surface area contributed by atoms with Gasteiger partial charge in [-0.2, -0.15) is 4.39 Å². The highest BCUT2D eigenvalue weighted by atomic mass is 19.2. The number of hydrogen-bond donors (Lipinski definition) is 0. The number of benzene rings is 2. The Balaban J connectivity index is 1.32. The van der Waals surface area contributed by atoms with E-state index in [2.05, 4.69) is 24.3 Å². The molecule has 2 saturated carbocycles. The van der Waals surface area contributed by atoms with Gasteiger partial charge in [-0.15, -0.1) is 0 Å². The van der Waals surface area contributed by atoms with E-state index in [1.807, 2.05) is 6.08 Å². The van der Waals surface area contributed by atoms with Crippen LogP contribution in [0.25, 0.3) is 0 Å². The van der Waals surface area contributed by atoms with Crippen LogP contribution in [0.1, 0.15) is 92.7 Å². The topological polar surface area (TPSA) is 9.23 Å². The van der Waals surface area contributed by atoms with Crippen LogP contribution in [0.4, 0.5) is 13.2 Å². The van der Waals surface area contributed by atoms with Crippen LogP contribution in [0.2, 0.25) is 0 Å². The minimum absolute atomic E-state index is 0.00256. The lowest BCUT2D eigenvalue weighted by Crippen LogP contribution is -2.14. The molecular weight excluding hydrogens is 421 g/mol. The Labute approximate surface area is 196 Å². The standard InChI is InChI=1S/C29H35F3O/c1-2-33-27-18-17-26(28(31)29(27)32)25-15-13-24(14-16-25)23-11-9-22(10-12-23)21-7-5-20(6-8-21)4-3-19-30/h3-4,9-12,17-18,20-21,24-25H,2,5-8,13-16,19H2,1H3/b4-3+. The third-order valence-electron chi connectivity index (χ3n) is 7.69. The van der Waals surface area contributed by atoms with Crippen molar-refractivity contribution < 1.29 is 17.9 Å². The van der Waals surface area contributed by atoms with Crippen molar-refractivity contribution in [2.45, 2.75) is 76.0 Å². The summed E-state index contributed by atoms with van der Waals surface area (Å²) in [7, 11) is 0. The molecule has 0 bridgehead atoms. The van der Waals surface area contributed by atoms with Crippen molar-refractivity contribution >= 4 is 0 Å². The molecule has 0 atom stereocenters. The summed E-state index contributed by atoms with van der Waals surface area (Å²) in [5.41, 5.74) is 3.25. The molecule has 2 aliphatic carbocycles. The summed E-state index contributed by atoms with van der Waals surface area (Å²) < 4.78 is 46.4. The number of allylic oxidation sites excluding steroid dienone is 2. The van der Waals surface area contributed by atoms with E-state index in [0.717, 1.165) is 51.4 Å². The number of hydrogen-bond acceptors (Lipinski definition) is 1. The zero-order chi connectivity index (χ0) is 23.2. The first-order valence-corrected chi connectivity index (χ1v) is 12.5. The SMILES string of the molecule is CCOc1ccc(C2CCC(c3ccc(C4CCC(/C=C/CF)CC4)cc3)CC2)c(F)c1F. The van der Waals surface area contributed by atoms with Gasteiger partial charge in [0.05, 0.1) is 6.61 Å². The molecular formula is C29H35F3O. The fourth-order valence-corrected chi connectivity index (χ4v) is 5.80. The van der Waals surface area contributed by atoms with E-state index < -0.39 is 11.6 Å². The molecule has 4 heteroatoms. The second-order valence-corrected chi connectivity index (χ2v) is 9.62. The van der Waals surface area contributed by atoms with Gasteiger partial charge in [0.25, 0.3) is 0 Å². The molecule has 0 amide bonds. The zero-order valence-electron chi connectivity index (χ0n) is 19.5. The highest BCUT2D eigenvalue weighted by molar-refractivity contribution is 5.34. The lowest BCUT2D eigenvalue weighted by atomic mass is 9.75. The molecule has 0 aliphatic heterocycles. The van der Waals surface area contributed by atoms with E-state index in [-0.39, 0.29) is 18.3 Å². The number of halogens is 3. The molecule has 2 aromatic carbocycles. The highest BCUT2D eigenvalue weighted by Crippen LogP contribution is 2.43. The van der Waals surface area contributed by atoms with Gasteiger partial charge in [-0.3, -0.25) is 0 Å². The van der Waals surface area contributed by atoms with Crippen molar-refractivity contribution in [2.24, 2.45) is 5.92 Å². The second kappa shape index (κ2) is 11.3. The molecule has 1 nitrogen and oxygen atoms in total. The van der Waals surface area contributed by atoms with E-state index >= 15 is 0 Å². The Hall–Kier alpha value is -2.23. The summed E-state index contributed by atoms with van der Waals surface area (Å²) in [5, 5.41) is 0. The molecule has 0 aromatic heterocycles. The molecule has 0 saturated heterocycles. The summed E-state index contributed by atoms with van der Waals surface area (Å²) in [4.78, 5) is 0. The summed E-state index contributed by atoms with van der Waals surface area (Å²) >= 11 is 0. The van der Waals surface area contributed by atoms with Crippen molar-refractivity contribution in [3.8, 4) is 5.75 Å². The molecule has 0 heterocycles. The smallest absolute Gasteiger partial charge is 0.200 e. The molecule has 0 unspecified atom stereocenters. The average Bonchev–Trinajstić information content (AvgIpc) is 2.86. The summed E-state index contributed by atoms with van der Waals surface area (Å²) in [6, 6.07) is 12.4. The molecule has 2 aromatic rings. The fourth-order valence-electron chi connectivity index (χ4n) is 5.80. The van der Waals surface area contributed by atoms with Gasteiger partial charge >= 0.3 is 0 Å². The van der Waals surface area contributed by atoms with Crippen LogP contribution in [0.15, 0.2) is 48.6 Å². The first-order valence-electron chi connectivity index (χ1n) is 12.5. The first-order chi connectivity index (χ1) is 16.1. The van der Waals surface area contributed by atoms with Gasteiger partial charge in [-0.05, 0) is 105 Å². The summed E-state index contributed by atoms with van der Waals surface area (Å²) in [5.74, 6) is 0.0581. The maximum atomic E-state index is 14.6. The van der Waals surface area contributed by atoms with Crippen LogP contribution in [-0.2, 0) is 0 Å². The minimum Gasteiger partial charge on any atom is -0.491 e. The summed E-state index contributed by atoms with van der Waals surface area (Å²) in [6.45, 7) is 1.71. The second-order valence-electron chi connectivity index (χ2n) is 9.62. The predicted molar refractivity (Wildman–Crippen MR) is 128 cm³/mol. The lowest BCUT2D eigenvalue weighted by Gasteiger charge is -2.30. The van der Waals surface area contributed by atoms with Crippen LogP contribution in [0.3, 0.4) is 0 Å². The Morgan fingerprint density at radius 2 is 1.30 bits per heavy atom. The van der Waals surface area contributed by atoms with Crippen molar-refractivity contribution in [1.82, 2.24) is 0 Å². The average molecular weight is 457 g/mol. The van der Waals surface area contributed by atoms with Gasteiger partial charge < -0.3 is 4.74 Å². The monoisotopic (exact) mass is 456 g/mol. The minimum atomic E-state index is -0.862. The molecule has 0 N–H and O–H groups in total. The Kier molecular flexibility index (Phi) is 8.16. The number of alkyl halides is 1.